The van der Waals surface area contributed by atoms with E-state index in [4.69, 9.17) is 16.3 Å². The molecule has 1 aromatic heterocycles. The zero-order valence-corrected chi connectivity index (χ0v) is 12.7. The highest BCUT2D eigenvalue weighted by Gasteiger charge is 2.07. The number of benzene rings is 1. The maximum Gasteiger partial charge on any atom is 0.146 e. The zero-order chi connectivity index (χ0) is 14.4. The van der Waals surface area contributed by atoms with Crippen molar-refractivity contribution in [2.45, 2.75) is 33.5 Å². The minimum absolute atomic E-state index is 0.460. The number of halogens is 1. The van der Waals surface area contributed by atoms with Crippen molar-refractivity contribution in [2.24, 2.45) is 0 Å². The lowest BCUT2D eigenvalue weighted by Crippen LogP contribution is -2.13. The van der Waals surface area contributed by atoms with Gasteiger partial charge in [0.2, 0.25) is 0 Å². The van der Waals surface area contributed by atoms with Crippen LogP contribution in [-0.2, 0) is 19.7 Å². The van der Waals surface area contributed by atoms with Crippen molar-refractivity contribution < 1.29 is 4.74 Å². The Kier molecular flexibility index (Phi) is 5.44. The van der Waals surface area contributed by atoms with E-state index < -0.39 is 0 Å². The summed E-state index contributed by atoms with van der Waals surface area (Å²) in [6.45, 7) is 7.17. The van der Waals surface area contributed by atoms with Gasteiger partial charge in [-0.05, 0) is 31.7 Å². The van der Waals surface area contributed by atoms with E-state index in [1.807, 2.05) is 24.4 Å². The van der Waals surface area contributed by atoms with Gasteiger partial charge < -0.3 is 14.6 Å². The van der Waals surface area contributed by atoms with Crippen LogP contribution in [0.1, 0.15) is 25.2 Å². The van der Waals surface area contributed by atoms with Gasteiger partial charge in [0.1, 0.15) is 18.2 Å². The molecule has 0 atom stereocenters. The Hall–Kier alpha value is -1.52. The van der Waals surface area contributed by atoms with Crippen LogP contribution in [-0.4, -0.2) is 16.1 Å². The maximum atomic E-state index is 6.04. The van der Waals surface area contributed by atoms with Crippen LogP contribution in [0.3, 0.4) is 0 Å². The smallest absolute Gasteiger partial charge is 0.146 e. The van der Waals surface area contributed by atoms with Crippen LogP contribution in [0.5, 0.6) is 5.75 Å². The number of nitrogens with zero attached hydrogens (tertiary/aromatic N) is 2. The fraction of sp³-hybridized carbons (Fsp3) is 0.400. The molecule has 0 amide bonds. The predicted molar refractivity (Wildman–Crippen MR) is 81.1 cm³/mol. The Morgan fingerprint density at radius 1 is 1.35 bits per heavy atom. The minimum Gasteiger partial charge on any atom is -0.485 e. The van der Waals surface area contributed by atoms with Crippen LogP contribution < -0.4 is 10.1 Å². The summed E-state index contributed by atoms with van der Waals surface area (Å²) in [6, 6.07) is 5.69. The van der Waals surface area contributed by atoms with Gasteiger partial charge in [-0.1, -0.05) is 18.5 Å². The molecule has 1 N–H and O–H groups in total. The topological polar surface area (TPSA) is 39.1 Å². The fourth-order valence-electron chi connectivity index (χ4n) is 2.00. The number of aromatic nitrogens is 2. The van der Waals surface area contributed by atoms with E-state index in [2.05, 4.69) is 28.7 Å². The Balaban J connectivity index is 2.08. The Morgan fingerprint density at radius 2 is 2.20 bits per heavy atom. The van der Waals surface area contributed by atoms with Crippen molar-refractivity contribution in [2.75, 3.05) is 6.54 Å². The lowest BCUT2D eigenvalue weighted by molar-refractivity contribution is 0.286. The molecule has 0 bridgehead atoms. The lowest BCUT2D eigenvalue weighted by Gasteiger charge is -2.12. The quantitative estimate of drug-likeness (QED) is 0.852. The maximum absolute atomic E-state index is 6.04. The third kappa shape index (κ3) is 3.74. The largest absolute Gasteiger partial charge is 0.485 e. The first-order valence-corrected chi connectivity index (χ1v) is 7.24. The minimum atomic E-state index is 0.460. The van der Waals surface area contributed by atoms with E-state index in [0.29, 0.717) is 6.61 Å². The number of ether oxygens (including phenoxy) is 1. The van der Waals surface area contributed by atoms with E-state index in [-0.39, 0.29) is 0 Å². The second-order valence-corrected chi connectivity index (χ2v) is 4.89. The van der Waals surface area contributed by atoms with E-state index >= 15 is 0 Å². The molecule has 0 aliphatic rings. The summed E-state index contributed by atoms with van der Waals surface area (Å²) in [4.78, 5) is 4.31. The van der Waals surface area contributed by atoms with Crippen molar-refractivity contribution in [3.63, 3.8) is 0 Å². The molecular weight excluding hydrogens is 274 g/mol. The molecule has 0 aliphatic carbocycles. The molecule has 0 aliphatic heterocycles. The summed E-state index contributed by atoms with van der Waals surface area (Å²) in [5, 5.41) is 4.01. The summed E-state index contributed by atoms with van der Waals surface area (Å²) in [6.07, 6.45) is 3.75. The highest BCUT2D eigenvalue weighted by Crippen LogP contribution is 2.23. The fourth-order valence-corrected chi connectivity index (χ4v) is 2.19. The van der Waals surface area contributed by atoms with Crippen LogP contribution in [0.25, 0.3) is 0 Å². The van der Waals surface area contributed by atoms with Gasteiger partial charge in [0.05, 0.1) is 0 Å². The molecule has 108 valence electrons. The molecule has 0 fully saturated rings. The average molecular weight is 294 g/mol. The third-order valence-corrected chi connectivity index (χ3v) is 3.32. The standard InChI is InChI=1S/C15H20ClN3O/c1-3-17-10-12-9-13(16)5-6-14(12)20-11-15-18-7-8-19(15)4-2/h5-9,17H,3-4,10-11H2,1-2H3. The first-order chi connectivity index (χ1) is 9.74. The average Bonchev–Trinajstić information content (AvgIpc) is 2.91. The molecule has 5 heteroatoms. The number of hydrogen-bond acceptors (Lipinski definition) is 3. The van der Waals surface area contributed by atoms with Gasteiger partial charge in [-0.3, -0.25) is 0 Å². The summed E-state index contributed by atoms with van der Waals surface area (Å²) in [5.41, 5.74) is 1.06. The van der Waals surface area contributed by atoms with Crippen molar-refractivity contribution >= 4 is 11.6 Å². The van der Waals surface area contributed by atoms with E-state index in [9.17, 15) is 0 Å². The van der Waals surface area contributed by atoms with Crippen molar-refractivity contribution in [1.29, 1.82) is 0 Å². The van der Waals surface area contributed by atoms with Crippen LogP contribution >= 0.6 is 11.6 Å². The SMILES string of the molecule is CCNCc1cc(Cl)ccc1OCc1nccn1CC. The monoisotopic (exact) mass is 293 g/mol. The third-order valence-electron chi connectivity index (χ3n) is 3.09. The molecule has 0 unspecified atom stereocenters. The van der Waals surface area contributed by atoms with Gasteiger partial charge in [-0.2, -0.15) is 0 Å². The summed E-state index contributed by atoms with van der Waals surface area (Å²) < 4.78 is 7.96. The van der Waals surface area contributed by atoms with Crippen LogP contribution in [0, 0.1) is 0 Å². The predicted octanol–water partition coefficient (Wildman–Crippen LogP) is 3.24. The molecule has 4 nitrogen and oxygen atoms in total. The highest BCUT2D eigenvalue weighted by molar-refractivity contribution is 6.30. The Morgan fingerprint density at radius 3 is 2.95 bits per heavy atom. The van der Waals surface area contributed by atoms with Crippen molar-refractivity contribution in [1.82, 2.24) is 14.9 Å². The summed E-state index contributed by atoms with van der Waals surface area (Å²) in [5.74, 6) is 1.78. The molecule has 0 saturated heterocycles. The van der Waals surface area contributed by atoms with Crippen LogP contribution in [0.2, 0.25) is 5.02 Å². The van der Waals surface area contributed by atoms with E-state index in [0.717, 1.165) is 41.8 Å². The molecule has 1 aromatic carbocycles. The Labute approximate surface area is 124 Å². The lowest BCUT2D eigenvalue weighted by atomic mass is 10.2. The van der Waals surface area contributed by atoms with Crippen molar-refractivity contribution in [3.8, 4) is 5.75 Å². The van der Waals surface area contributed by atoms with Gasteiger partial charge in [-0.15, -0.1) is 0 Å². The summed E-state index contributed by atoms with van der Waals surface area (Å²) in [7, 11) is 0. The van der Waals surface area contributed by atoms with Gasteiger partial charge in [0.15, 0.2) is 0 Å². The first-order valence-electron chi connectivity index (χ1n) is 6.86. The number of aryl methyl sites for hydroxylation is 1. The molecule has 1 heterocycles. The van der Waals surface area contributed by atoms with Crippen molar-refractivity contribution in [3.05, 3.63) is 47.0 Å². The van der Waals surface area contributed by atoms with Gasteiger partial charge >= 0.3 is 0 Å². The molecule has 20 heavy (non-hydrogen) atoms. The van der Waals surface area contributed by atoms with Crippen LogP contribution in [0.4, 0.5) is 0 Å². The highest BCUT2D eigenvalue weighted by atomic mass is 35.5. The molecular formula is C15H20ClN3O. The van der Waals surface area contributed by atoms with E-state index in [1.54, 1.807) is 6.20 Å². The first kappa shape index (κ1) is 14.9. The second-order valence-electron chi connectivity index (χ2n) is 4.45. The zero-order valence-electron chi connectivity index (χ0n) is 11.9. The van der Waals surface area contributed by atoms with Gasteiger partial charge in [-0.25, -0.2) is 4.98 Å². The normalized spacial score (nSPS) is 10.8. The molecule has 0 radical (unpaired) electrons. The van der Waals surface area contributed by atoms with E-state index in [1.165, 1.54) is 0 Å². The Bertz CT molecular complexity index is 554. The second kappa shape index (κ2) is 7.31. The van der Waals surface area contributed by atoms with Gasteiger partial charge in [0, 0.05) is 36.1 Å². The summed E-state index contributed by atoms with van der Waals surface area (Å²) >= 11 is 6.04. The van der Waals surface area contributed by atoms with Crippen LogP contribution in [0.15, 0.2) is 30.6 Å². The number of nitrogens with one attached hydrogen (secondary N) is 1. The number of rotatable bonds is 7. The molecule has 0 spiro atoms. The molecule has 0 saturated carbocycles. The molecule has 2 aromatic rings. The number of hydrogen-bond donors (Lipinski definition) is 1. The molecule has 2 rings (SSSR count). The number of imidazole rings is 1. The van der Waals surface area contributed by atoms with Gasteiger partial charge in [0.25, 0.3) is 0 Å².